The highest BCUT2D eigenvalue weighted by Gasteiger charge is 2.21. The minimum atomic E-state index is 0.0537. The highest BCUT2D eigenvalue weighted by atomic mass is 32.2. The average Bonchev–Trinajstić information content (AvgIpc) is 2.67. The van der Waals surface area contributed by atoms with Gasteiger partial charge in [0.05, 0.1) is 15.9 Å². The summed E-state index contributed by atoms with van der Waals surface area (Å²) < 4.78 is 1.82. The van der Waals surface area contributed by atoms with Crippen LogP contribution in [0.1, 0.15) is 18.7 Å². The zero-order valence-corrected chi connectivity index (χ0v) is 14.8. The normalized spacial score (nSPS) is 15.7. The fourth-order valence-corrected chi connectivity index (χ4v) is 3.91. The third-order valence-electron chi connectivity index (χ3n) is 4.45. The lowest BCUT2D eigenvalue weighted by Crippen LogP contribution is -2.28. The molecule has 1 aliphatic heterocycles. The summed E-state index contributed by atoms with van der Waals surface area (Å²) in [5.74, 6) is 0.794. The van der Waals surface area contributed by atoms with E-state index in [4.69, 9.17) is 4.98 Å². The molecule has 0 fully saturated rings. The SMILES string of the molecule is CSC(Nc1ccccc1)=C1CCCn2c1nc1ccccc1c2=O. The molecule has 0 atom stereocenters. The fraction of sp³-hybridized carbons (Fsp3) is 0.200. The Labute approximate surface area is 150 Å². The molecule has 0 saturated heterocycles. The van der Waals surface area contributed by atoms with Crippen molar-refractivity contribution in [3.8, 4) is 0 Å². The van der Waals surface area contributed by atoms with E-state index in [1.54, 1.807) is 11.8 Å². The van der Waals surface area contributed by atoms with Crippen LogP contribution < -0.4 is 10.9 Å². The Morgan fingerprint density at radius 3 is 2.68 bits per heavy atom. The van der Waals surface area contributed by atoms with Gasteiger partial charge in [-0.15, -0.1) is 11.8 Å². The second kappa shape index (κ2) is 6.76. The molecule has 4 rings (SSSR count). The lowest BCUT2D eigenvalue weighted by atomic mass is 10.1. The van der Waals surface area contributed by atoms with Crippen LogP contribution in [-0.4, -0.2) is 15.8 Å². The van der Waals surface area contributed by atoms with Gasteiger partial charge >= 0.3 is 0 Å². The van der Waals surface area contributed by atoms with E-state index in [0.717, 1.165) is 47.0 Å². The Hall–Kier alpha value is -2.53. The number of nitrogens with zero attached hydrogens (tertiary/aromatic N) is 2. The highest BCUT2D eigenvalue weighted by Crippen LogP contribution is 2.32. The second-order valence-electron chi connectivity index (χ2n) is 6.02. The number of benzene rings is 2. The summed E-state index contributed by atoms with van der Waals surface area (Å²) in [4.78, 5) is 17.7. The first-order valence-corrected chi connectivity index (χ1v) is 9.59. The lowest BCUT2D eigenvalue weighted by molar-refractivity contribution is 0.585. The molecule has 0 radical (unpaired) electrons. The molecule has 5 heteroatoms. The zero-order valence-electron chi connectivity index (χ0n) is 14.0. The minimum Gasteiger partial charge on any atom is -0.350 e. The van der Waals surface area contributed by atoms with Crippen molar-refractivity contribution in [1.29, 1.82) is 0 Å². The van der Waals surface area contributed by atoms with Crippen molar-refractivity contribution >= 4 is 33.9 Å². The van der Waals surface area contributed by atoms with Gasteiger partial charge < -0.3 is 5.32 Å². The van der Waals surface area contributed by atoms with Gasteiger partial charge in [-0.25, -0.2) is 4.98 Å². The first-order chi connectivity index (χ1) is 12.3. The van der Waals surface area contributed by atoms with E-state index in [1.807, 2.05) is 59.2 Å². The summed E-state index contributed by atoms with van der Waals surface area (Å²) in [5, 5.41) is 5.24. The summed E-state index contributed by atoms with van der Waals surface area (Å²) in [7, 11) is 0. The minimum absolute atomic E-state index is 0.0537. The van der Waals surface area contributed by atoms with Gasteiger partial charge in [0, 0.05) is 17.8 Å². The average molecular weight is 349 g/mol. The molecule has 0 aliphatic carbocycles. The Morgan fingerprint density at radius 1 is 1.12 bits per heavy atom. The monoisotopic (exact) mass is 349 g/mol. The molecule has 2 heterocycles. The molecule has 1 N–H and O–H groups in total. The third-order valence-corrected chi connectivity index (χ3v) is 5.21. The Morgan fingerprint density at radius 2 is 1.88 bits per heavy atom. The molecule has 0 saturated carbocycles. The van der Waals surface area contributed by atoms with Crippen LogP contribution >= 0.6 is 11.8 Å². The van der Waals surface area contributed by atoms with Crippen molar-refractivity contribution < 1.29 is 0 Å². The van der Waals surface area contributed by atoms with Crippen LogP contribution in [0.5, 0.6) is 0 Å². The molecule has 126 valence electrons. The molecule has 1 aromatic heterocycles. The van der Waals surface area contributed by atoms with Crippen molar-refractivity contribution in [2.24, 2.45) is 0 Å². The van der Waals surface area contributed by atoms with Crippen LogP contribution in [0.3, 0.4) is 0 Å². The number of anilines is 1. The van der Waals surface area contributed by atoms with Gasteiger partial charge in [-0.05, 0) is 43.4 Å². The van der Waals surface area contributed by atoms with Crippen LogP contribution in [-0.2, 0) is 6.54 Å². The predicted molar refractivity (Wildman–Crippen MR) is 106 cm³/mol. The first-order valence-electron chi connectivity index (χ1n) is 8.37. The number of rotatable bonds is 3. The Balaban J connectivity index is 1.89. The van der Waals surface area contributed by atoms with Crippen LogP contribution in [0.4, 0.5) is 5.69 Å². The summed E-state index contributed by atoms with van der Waals surface area (Å²) in [6.45, 7) is 0.725. The summed E-state index contributed by atoms with van der Waals surface area (Å²) in [6, 6.07) is 17.7. The number of thioether (sulfide) groups is 1. The molecule has 4 nitrogen and oxygen atoms in total. The first kappa shape index (κ1) is 16.0. The fourth-order valence-electron chi connectivity index (χ4n) is 3.25. The van der Waals surface area contributed by atoms with Gasteiger partial charge in [0.25, 0.3) is 5.56 Å². The molecular formula is C20H19N3OS. The zero-order chi connectivity index (χ0) is 17.2. The van der Waals surface area contributed by atoms with E-state index in [2.05, 4.69) is 11.6 Å². The van der Waals surface area contributed by atoms with E-state index in [0.29, 0.717) is 5.39 Å². The summed E-state index contributed by atoms with van der Waals surface area (Å²) in [5.41, 5.74) is 2.97. The van der Waals surface area contributed by atoms with Crippen molar-refractivity contribution in [3.63, 3.8) is 0 Å². The number of para-hydroxylation sites is 2. The quantitative estimate of drug-likeness (QED) is 0.764. The summed E-state index contributed by atoms with van der Waals surface area (Å²) >= 11 is 1.66. The summed E-state index contributed by atoms with van der Waals surface area (Å²) in [6.07, 6.45) is 3.92. The molecule has 3 aromatic rings. The Bertz CT molecular complexity index is 1010. The number of fused-ring (bicyclic) bond motifs is 2. The van der Waals surface area contributed by atoms with E-state index in [-0.39, 0.29) is 5.56 Å². The van der Waals surface area contributed by atoms with Crippen molar-refractivity contribution in [2.45, 2.75) is 19.4 Å². The topological polar surface area (TPSA) is 46.9 Å². The van der Waals surface area contributed by atoms with Crippen molar-refractivity contribution in [3.05, 3.63) is 75.8 Å². The van der Waals surface area contributed by atoms with E-state index in [9.17, 15) is 4.79 Å². The largest absolute Gasteiger partial charge is 0.350 e. The maximum absolute atomic E-state index is 12.9. The lowest BCUT2D eigenvalue weighted by Gasteiger charge is -2.23. The number of hydrogen-bond donors (Lipinski definition) is 1. The molecule has 0 bridgehead atoms. The smallest absolute Gasteiger partial charge is 0.261 e. The third kappa shape index (κ3) is 2.96. The maximum Gasteiger partial charge on any atom is 0.261 e. The molecule has 25 heavy (non-hydrogen) atoms. The van der Waals surface area contributed by atoms with Gasteiger partial charge in [-0.3, -0.25) is 9.36 Å². The van der Waals surface area contributed by atoms with Crippen LogP contribution in [0.2, 0.25) is 0 Å². The van der Waals surface area contributed by atoms with Crippen LogP contribution in [0.15, 0.2) is 64.4 Å². The van der Waals surface area contributed by atoms with E-state index >= 15 is 0 Å². The van der Waals surface area contributed by atoms with Crippen LogP contribution in [0, 0.1) is 0 Å². The molecular weight excluding hydrogens is 330 g/mol. The highest BCUT2D eigenvalue weighted by molar-refractivity contribution is 8.02. The number of nitrogens with one attached hydrogen (secondary N) is 1. The predicted octanol–water partition coefficient (Wildman–Crippen LogP) is 4.33. The number of aromatic nitrogens is 2. The number of hydrogen-bond acceptors (Lipinski definition) is 4. The molecule has 0 spiro atoms. The molecule has 1 aliphatic rings. The van der Waals surface area contributed by atoms with Crippen LogP contribution in [0.25, 0.3) is 16.5 Å². The second-order valence-corrected chi connectivity index (χ2v) is 6.83. The van der Waals surface area contributed by atoms with E-state index in [1.165, 1.54) is 0 Å². The van der Waals surface area contributed by atoms with Gasteiger partial charge in [-0.1, -0.05) is 30.3 Å². The molecule has 0 amide bonds. The van der Waals surface area contributed by atoms with E-state index < -0.39 is 0 Å². The van der Waals surface area contributed by atoms with Crippen molar-refractivity contribution in [2.75, 3.05) is 11.6 Å². The Kier molecular flexibility index (Phi) is 4.32. The molecule has 0 unspecified atom stereocenters. The van der Waals surface area contributed by atoms with Gasteiger partial charge in [0.2, 0.25) is 0 Å². The van der Waals surface area contributed by atoms with Gasteiger partial charge in [0.15, 0.2) is 0 Å². The molecule has 2 aromatic carbocycles. The van der Waals surface area contributed by atoms with Gasteiger partial charge in [-0.2, -0.15) is 0 Å². The number of allylic oxidation sites excluding steroid dienone is 1. The standard InChI is InChI=1S/C20H19N3OS/c1-25-19(21-14-8-3-2-4-9-14)16-11-7-13-23-18(16)22-17-12-6-5-10-15(17)20(23)24/h2-6,8-10,12,21H,7,11,13H2,1H3. The van der Waals surface area contributed by atoms with Crippen molar-refractivity contribution in [1.82, 2.24) is 9.55 Å². The maximum atomic E-state index is 12.9. The van der Waals surface area contributed by atoms with Gasteiger partial charge in [0.1, 0.15) is 5.82 Å².